The molecule has 2 heterocycles. The van der Waals surface area contributed by atoms with Gasteiger partial charge in [-0.1, -0.05) is 12.7 Å². The SMILES string of the molecule is C=Cc1c(NC)ncnc1-c1cnn(C(CCC#N)CCS(C)=O)c1. The van der Waals surface area contributed by atoms with Crippen molar-refractivity contribution in [1.29, 1.82) is 5.26 Å². The smallest absolute Gasteiger partial charge is 0.137 e. The average molecular weight is 358 g/mol. The van der Waals surface area contributed by atoms with E-state index in [9.17, 15) is 4.21 Å². The molecular formula is C17H22N6OS. The molecule has 2 rings (SSSR count). The quantitative estimate of drug-likeness (QED) is 0.740. The summed E-state index contributed by atoms with van der Waals surface area (Å²) in [4.78, 5) is 8.56. The molecule has 0 aliphatic heterocycles. The predicted octanol–water partition coefficient (Wildman–Crippen LogP) is 2.64. The molecule has 0 amide bonds. The molecule has 0 bridgehead atoms. The molecule has 0 saturated carbocycles. The van der Waals surface area contributed by atoms with E-state index in [1.165, 1.54) is 6.33 Å². The Morgan fingerprint density at radius 2 is 2.28 bits per heavy atom. The van der Waals surface area contributed by atoms with Crippen LogP contribution < -0.4 is 5.32 Å². The maximum absolute atomic E-state index is 11.4. The lowest BCUT2D eigenvalue weighted by Crippen LogP contribution is -2.13. The molecule has 25 heavy (non-hydrogen) atoms. The first-order chi connectivity index (χ1) is 12.1. The second-order valence-electron chi connectivity index (χ2n) is 5.56. The van der Waals surface area contributed by atoms with Gasteiger partial charge in [-0.2, -0.15) is 10.4 Å². The van der Waals surface area contributed by atoms with E-state index in [-0.39, 0.29) is 6.04 Å². The van der Waals surface area contributed by atoms with Gasteiger partial charge in [-0.15, -0.1) is 0 Å². The highest BCUT2D eigenvalue weighted by Crippen LogP contribution is 2.28. The zero-order valence-electron chi connectivity index (χ0n) is 14.5. The fourth-order valence-corrected chi connectivity index (χ4v) is 3.22. The fourth-order valence-electron chi connectivity index (χ4n) is 2.62. The predicted molar refractivity (Wildman–Crippen MR) is 100 cm³/mol. The normalized spacial score (nSPS) is 13.0. The van der Waals surface area contributed by atoms with Gasteiger partial charge in [0.1, 0.15) is 12.1 Å². The molecule has 2 aromatic heterocycles. The van der Waals surface area contributed by atoms with Crippen LogP contribution in [0.2, 0.25) is 0 Å². The minimum atomic E-state index is -0.870. The summed E-state index contributed by atoms with van der Waals surface area (Å²) in [5.41, 5.74) is 2.42. The Morgan fingerprint density at radius 1 is 1.48 bits per heavy atom. The molecule has 0 aliphatic carbocycles. The molecule has 132 valence electrons. The van der Waals surface area contributed by atoms with Gasteiger partial charge in [-0.25, -0.2) is 9.97 Å². The van der Waals surface area contributed by atoms with Crippen molar-refractivity contribution in [3.63, 3.8) is 0 Å². The van der Waals surface area contributed by atoms with Gasteiger partial charge in [0.25, 0.3) is 0 Å². The Balaban J connectivity index is 2.32. The molecule has 0 saturated heterocycles. The minimum absolute atomic E-state index is 0.0371. The fraction of sp³-hybridized carbons (Fsp3) is 0.412. The van der Waals surface area contributed by atoms with Crippen molar-refractivity contribution in [2.24, 2.45) is 0 Å². The van der Waals surface area contributed by atoms with E-state index in [1.54, 1.807) is 25.6 Å². The van der Waals surface area contributed by atoms with Crippen LogP contribution in [0, 0.1) is 11.3 Å². The van der Waals surface area contributed by atoms with Gasteiger partial charge >= 0.3 is 0 Å². The van der Waals surface area contributed by atoms with Crippen LogP contribution in [0.1, 0.15) is 30.9 Å². The van der Waals surface area contributed by atoms with E-state index < -0.39 is 10.8 Å². The summed E-state index contributed by atoms with van der Waals surface area (Å²) in [5.74, 6) is 1.29. The topological polar surface area (TPSA) is 96.5 Å². The number of nitrogens with zero attached hydrogens (tertiary/aromatic N) is 5. The van der Waals surface area contributed by atoms with Crippen molar-refractivity contribution in [2.75, 3.05) is 24.4 Å². The Hall–Kier alpha value is -2.53. The van der Waals surface area contributed by atoms with Crippen molar-refractivity contribution in [2.45, 2.75) is 25.3 Å². The standard InChI is InChI=1S/C17H22N6OS/c1-4-15-16(20-12-21-17(15)19-2)13-10-22-23(11-13)14(6-5-8-18)7-9-25(3)24/h4,10-12,14H,1,5-7,9H2,2-3H3,(H,19,20,21). The number of nitrogens with one attached hydrogen (secondary N) is 1. The van der Waals surface area contributed by atoms with Gasteiger partial charge in [-0.3, -0.25) is 8.89 Å². The summed E-state index contributed by atoms with van der Waals surface area (Å²) in [6, 6.07) is 2.21. The van der Waals surface area contributed by atoms with Crippen LogP contribution in [-0.4, -0.2) is 43.0 Å². The van der Waals surface area contributed by atoms with Crippen molar-refractivity contribution in [1.82, 2.24) is 19.7 Å². The van der Waals surface area contributed by atoms with Crippen LogP contribution in [0.25, 0.3) is 17.3 Å². The van der Waals surface area contributed by atoms with E-state index in [2.05, 4.69) is 33.0 Å². The van der Waals surface area contributed by atoms with E-state index >= 15 is 0 Å². The second kappa shape index (κ2) is 9.08. The monoisotopic (exact) mass is 358 g/mol. The Bertz CT molecular complexity index is 795. The number of aromatic nitrogens is 4. The van der Waals surface area contributed by atoms with Gasteiger partial charge in [0.2, 0.25) is 0 Å². The number of anilines is 1. The number of hydrogen-bond donors (Lipinski definition) is 1. The van der Waals surface area contributed by atoms with Gasteiger partial charge in [0.05, 0.1) is 24.0 Å². The lowest BCUT2D eigenvalue weighted by molar-refractivity contribution is 0.419. The first-order valence-corrected chi connectivity index (χ1v) is 9.70. The van der Waals surface area contributed by atoms with Crippen LogP contribution in [0.15, 0.2) is 25.3 Å². The highest BCUT2D eigenvalue weighted by Gasteiger charge is 2.16. The third-order valence-electron chi connectivity index (χ3n) is 3.90. The number of hydrogen-bond acceptors (Lipinski definition) is 6. The molecule has 2 atom stereocenters. The third kappa shape index (κ3) is 4.73. The second-order valence-corrected chi connectivity index (χ2v) is 7.12. The highest BCUT2D eigenvalue weighted by molar-refractivity contribution is 7.84. The zero-order chi connectivity index (χ0) is 18.2. The Labute approximate surface area is 150 Å². The van der Waals surface area contributed by atoms with Gasteiger partial charge < -0.3 is 5.32 Å². The number of rotatable bonds is 9. The van der Waals surface area contributed by atoms with Crippen molar-refractivity contribution in [3.05, 3.63) is 30.9 Å². The molecule has 7 nitrogen and oxygen atoms in total. The minimum Gasteiger partial charge on any atom is -0.373 e. The average Bonchev–Trinajstić information content (AvgIpc) is 3.10. The lowest BCUT2D eigenvalue weighted by Gasteiger charge is -2.15. The Morgan fingerprint density at radius 3 is 2.92 bits per heavy atom. The van der Waals surface area contributed by atoms with E-state index in [1.807, 2.05) is 10.9 Å². The molecule has 0 spiro atoms. The summed E-state index contributed by atoms with van der Waals surface area (Å²) in [6.07, 6.45) is 10.4. The van der Waals surface area contributed by atoms with Crippen LogP contribution in [0.3, 0.4) is 0 Å². The summed E-state index contributed by atoms with van der Waals surface area (Å²) in [6.45, 7) is 3.84. The molecule has 0 aromatic carbocycles. The van der Waals surface area contributed by atoms with Crippen LogP contribution >= 0.6 is 0 Å². The third-order valence-corrected chi connectivity index (χ3v) is 4.71. The van der Waals surface area contributed by atoms with Gasteiger partial charge in [0.15, 0.2) is 0 Å². The van der Waals surface area contributed by atoms with Crippen molar-refractivity contribution >= 4 is 22.7 Å². The maximum atomic E-state index is 11.4. The van der Waals surface area contributed by atoms with Gasteiger partial charge in [-0.05, 0) is 12.8 Å². The lowest BCUT2D eigenvalue weighted by atomic mass is 10.1. The molecule has 8 heteroatoms. The molecule has 0 aliphatic rings. The molecule has 0 radical (unpaired) electrons. The largest absolute Gasteiger partial charge is 0.373 e. The molecular weight excluding hydrogens is 336 g/mol. The van der Waals surface area contributed by atoms with E-state index in [0.29, 0.717) is 30.8 Å². The molecule has 1 N–H and O–H groups in total. The van der Waals surface area contributed by atoms with E-state index in [0.717, 1.165) is 16.8 Å². The zero-order valence-corrected chi connectivity index (χ0v) is 15.3. The van der Waals surface area contributed by atoms with E-state index in [4.69, 9.17) is 5.26 Å². The van der Waals surface area contributed by atoms with Crippen LogP contribution in [-0.2, 0) is 10.8 Å². The molecule has 2 aromatic rings. The van der Waals surface area contributed by atoms with Crippen molar-refractivity contribution < 1.29 is 4.21 Å². The summed E-state index contributed by atoms with van der Waals surface area (Å²) < 4.78 is 13.3. The van der Waals surface area contributed by atoms with Gasteiger partial charge in [0, 0.05) is 53.6 Å². The maximum Gasteiger partial charge on any atom is 0.137 e. The molecule has 2 unspecified atom stereocenters. The van der Waals surface area contributed by atoms with Crippen LogP contribution in [0.5, 0.6) is 0 Å². The number of nitriles is 1. The van der Waals surface area contributed by atoms with Crippen LogP contribution in [0.4, 0.5) is 5.82 Å². The summed E-state index contributed by atoms with van der Waals surface area (Å²) in [5, 5.41) is 16.3. The first kappa shape index (κ1) is 18.8. The summed E-state index contributed by atoms with van der Waals surface area (Å²) >= 11 is 0. The highest BCUT2D eigenvalue weighted by atomic mass is 32.2. The summed E-state index contributed by atoms with van der Waals surface area (Å²) in [7, 11) is 0.927. The molecule has 0 fully saturated rings. The Kier molecular flexibility index (Phi) is 6.83. The first-order valence-electron chi connectivity index (χ1n) is 7.97. The van der Waals surface area contributed by atoms with Crippen molar-refractivity contribution in [3.8, 4) is 17.3 Å².